The number of hydrogen-bond acceptors (Lipinski definition) is 4. The van der Waals surface area contributed by atoms with E-state index in [1.54, 1.807) is 0 Å². The van der Waals surface area contributed by atoms with Crippen LogP contribution in [0.3, 0.4) is 0 Å². The summed E-state index contributed by atoms with van der Waals surface area (Å²) in [5.41, 5.74) is -0.603. The minimum Gasteiger partial charge on any atom is -0.481 e. The van der Waals surface area contributed by atoms with Gasteiger partial charge in [0.15, 0.2) is 0 Å². The van der Waals surface area contributed by atoms with E-state index in [-0.39, 0.29) is 19.0 Å². The topological polar surface area (TPSA) is 72.6 Å². The van der Waals surface area contributed by atoms with Crippen molar-refractivity contribution >= 4 is 5.69 Å². The van der Waals surface area contributed by atoms with Crippen LogP contribution in [0.1, 0.15) is 0 Å². The fraction of sp³-hybridized carbons (Fsp3) is 0.143. The Morgan fingerprint density at radius 3 is 2.65 bits per heavy atom. The molecule has 0 aliphatic heterocycles. The second-order valence-corrected chi connectivity index (χ2v) is 3.29. The van der Waals surface area contributed by atoms with Gasteiger partial charge < -0.3 is 9.84 Å². The van der Waals surface area contributed by atoms with Gasteiger partial charge in [-0.2, -0.15) is 4.39 Å². The summed E-state index contributed by atoms with van der Waals surface area (Å²) in [6.07, 6.45) is 2.94. The third kappa shape index (κ3) is 5.21. The molecule has 1 N–H and O–H groups in total. The molecule has 0 aromatic heterocycles. The molecular formula is C14H10FNO4. The lowest BCUT2D eigenvalue weighted by Crippen LogP contribution is -1.96. The van der Waals surface area contributed by atoms with Gasteiger partial charge in [-0.05, 0) is 18.2 Å². The maximum atomic E-state index is 13.2. The van der Waals surface area contributed by atoms with Gasteiger partial charge in [-0.25, -0.2) is 0 Å². The first kappa shape index (κ1) is 15.2. The number of rotatable bonds is 3. The fourth-order valence-corrected chi connectivity index (χ4v) is 1.13. The molecule has 1 rings (SSSR count). The van der Waals surface area contributed by atoms with Crippen molar-refractivity contribution in [3.63, 3.8) is 0 Å². The average Bonchev–Trinajstić information content (AvgIpc) is 2.41. The van der Waals surface area contributed by atoms with Crippen LogP contribution in [0.2, 0.25) is 0 Å². The molecule has 0 aliphatic rings. The Bertz CT molecular complexity index is 632. The highest BCUT2D eigenvalue weighted by atomic mass is 19.1. The first-order valence-corrected chi connectivity index (χ1v) is 5.44. The van der Waals surface area contributed by atoms with Crippen LogP contribution in [0, 0.1) is 39.6 Å². The van der Waals surface area contributed by atoms with Gasteiger partial charge in [-0.1, -0.05) is 23.7 Å². The van der Waals surface area contributed by atoms with Crippen LogP contribution in [-0.4, -0.2) is 23.2 Å². The second-order valence-electron chi connectivity index (χ2n) is 3.29. The Labute approximate surface area is 114 Å². The predicted molar refractivity (Wildman–Crippen MR) is 70.3 cm³/mol. The predicted octanol–water partition coefficient (Wildman–Crippen LogP) is 1.67. The summed E-state index contributed by atoms with van der Waals surface area (Å²) in [5.74, 6) is 9.38. The van der Waals surface area contributed by atoms with Gasteiger partial charge in [0.05, 0.1) is 4.92 Å². The average molecular weight is 275 g/mol. The van der Waals surface area contributed by atoms with E-state index in [0.29, 0.717) is 0 Å². The number of halogens is 1. The summed E-state index contributed by atoms with van der Waals surface area (Å²) in [5, 5.41) is 18.8. The molecule has 6 heteroatoms. The summed E-state index contributed by atoms with van der Waals surface area (Å²) in [6.45, 7) is -0.207. The first-order chi connectivity index (χ1) is 9.65. The zero-order valence-corrected chi connectivity index (χ0v) is 10.3. The summed E-state index contributed by atoms with van der Waals surface area (Å²) < 4.78 is 18.3. The number of nitro groups is 1. The number of aliphatic hydroxyl groups is 1. The van der Waals surface area contributed by atoms with Crippen LogP contribution in [0.5, 0.6) is 5.75 Å². The molecule has 0 radical (unpaired) electrons. The van der Waals surface area contributed by atoms with Crippen LogP contribution in [-0.2, 0) is 0 Å². The normalized spacial score (nSPS) is 9.30. The number of nitro benzene ring substituents is 1. The van der Waals surface area contributed by atoms with E-state index < -0.39 is 16.4 Å². The quantitative estimate of drug-likeness (QED) is 0.517. The van der Waals surface area contributed by atoms with E-state index in [1.165, 1.54) is 18.2 Å². The van der Waals surface area contributed by atoms with Gasteiger partial charge in [0, 0.05) is 12.1 Å². The van der Waals surface area contributed by atoms with E-state index in [9.17, 15) is 14.5 Å². The molecule has 0 bridgehead atoms. The molecular weight excluding hydrogens is 265 g/mol. The van der Waals surface area contributed by atoms with Gasteiger partial charge >= 0.3 is 5.69 Å². The molecule has 0 atom stereocenters. The van der Waals surface area contributed by atoms with Crippen molar-refractivity contribution in [2.75, 3.05) is 13.2 Å². The number of ether oxygens (including phenoxy) is 1. The second kappa shape index (κ2) is 8.30. The van der Waals surface area contributed by atoms with Crippen LogP contribution in [0.15, 0.2) is 30.4 Å². The molecule has 0 amide bonds. The highest BCUT2D eigenvalue weighted by Crippen LogP contribution is 2.22. The Morgan fingerprint density at radius 2 is 2.05 bits per heavy atom. The summed E-state index contributed by atoms with van der Waals surface area (Å²) >= 11 is 0. The Balaban J connectivity index is 2.51. The van der Waals surface area contributed by atoms with E-state index in [1.807, 2.05) is 0 Å². The Hall–Kier alpha value is -2.83. The molecule has 0 heterocycles. The maximum absolute atomic E-state index is 13.2. The van der Waals surface area contributed by atoms with Crippen molar-refractivity contribution in [3.8, 4) is 29.4 Å². The minimum absolute atomic E-state index is 0.00895. The van der Waals surface area contributed by atoms with Gasteiger partial charge in [0.2, 0.25) is 5.82 Å². The van der Waals surface area contributed by atoms with Gasteiger partial charge in [0.25, 0.3) is 0 Å². The van der Waals surface area contributed by atoms with Crippen LogP contribution in [0.4, 0.5) is 10.1 Å². The number of aliphatic hydroxyl groups excluding tert-OH is 1. The van der Waals surface area contributed by atoms with Gasteiger partial charge in [-0.3, -0.25) is 10.1 Å². The highest BCUT2D eigenvalue weighted by Gasteiger charge is 2.13. The number of allylic oxidation sites excluding steroid dienone is 2. The molecule has 0 aliphatic carbocycles. The molecule has 20 heavy (non-hydrogen) atoms. The van der Waals surface area contributed by atoms with Crippen molar-refractivity contribution in [3.05, 3.63) is 46.3 Å². The third-order valence-corrected chi connectivity index (χ3v) is 1.96. The van der Waals surface area contributed by atoms with E-state index in [2.05, 4.69) is 23.7 Å². The molecule has 0 saturated heterocycles. The number of hydrogen-bond donors (Lipinski definition) is 1. The first-order valence-electron chi connectivity index (χ1n) is 5.44. The van der Waals surface area contributed by atoms with Crippen LogP contribution in [0.25, 0.3) is 0 Å². The Morgan fingerprint density at radius 1 is 1.35 bits per heavy atom. The fourth-order valence-electron chi connectivity index (χ4n) is 1.13. The summed E-state index contributed by atoms with van der Waals surface area (Å²) in [6, 6.07) is 3.26. The lowest BCUT2D eigenvalue weighted by molar-refractivity contribution is -0.387. The molecule has 0 fully saturated rings. The molecule has 0 saturated carbocycles. The number of nitrogens with zero attached hydrogens (tertiary/aromatic N) is 1. The smallest absolute Gasteiger partial charge is 0.305 e. The Kier molecular flexibility index (Phi) is 6.32. The third-order valence-electron chi connectivity index (χ3n) is 1.96. The van der Waals surface area contributed by atoms with Gasteiger partial charge in [-0.15, -0.1) is 0 Å². The molecule has 0 spiro atoms. The van der Waals surface area contributed by atoms with Crippen molar-refractivity contribution in [1.82, 2.24) is 0 Å². The van der Waals surface area contributed by atoms with Crippen LogP contribution >= 0.6 is 0 Å². The van der Waals surface area contributed by atoms with Crippen LogP contribution < -0.4 is 4.74 Å². The highest BCUT2D eigenvalue weighted by molar-refractivity contribution is 5.38. The largest absolute Gasteiger partial charge is 0.481 e. The molecule has 5 nitrogen and oxygen atoms in total. The molecule has 0 unspecified atom stereocenters. The number of benzene rings is 1. The van der Waals surface area contributed by atoms with Gasteiger partial charge in [0.1, 0.15) is 19.0 Å². The maximum Gasteiger partial charge on any atom is 0.305 e. The van der Waals surface area contributed by atoms with Crippen molar-refractivity contribution in [2.45, 2.75) is 0 Å². The lowest BCUT2D eigenvalue weighted by Gasteiger charge is -2.01. The monoisotopic (exact) mass is 275 g/mol. The minimum atomic E-state index is -0.959. The zero-order chi connectivity index (χ0) is 14.8. The van der Waals surface area contributed by atoms with E-state index in [4.69, 9.17) is 9.84 Å². The zero-order valence-electron chi connectivity index (χ0n) is 10.3. The standard InChI is InChI=1S/C14H10FNO4/c15-13-11-12(7-8-14(13)16(18)19)20-10-6-4-2-1-3-5-9-17/h1-2,7-8,11,17H,9-10H2/b2-1+. The molecule has 102 valence electrons. The summed E-state index contributed by atoms with van der Waals surface area (Å²) in [4.78, 5) is 9.60. The van der Waals surface area contributed by atoms with Crippen molar-refractivity contribution < 1.29 is 19.2 Å². The van der Waals surface area contributed by atoms with Crippen molar-refractivity contribution in [2.24, 2.45) is 0 Å². The van der Waals surface area contributed by atoms with E-state index >= 15 is 0 Å². The molecule has 1 aromatic carbocycles. The summed E-state index contributed by atoms with van der Waals surface area (Å²) in [7, 11) is 0. The van der Waals surface area contributed by atoms with E-state index in [0.717, 1.165) is 12.1 Å². The SMILES string of the molecule is O=[N+]([O-])c1ccc(OCC#C/C=C/C#CCO)cc1F. The van der Waals surface area contributed by atoms with Crippen molar-refractivity contribution in [1.29, 1.82) is 0 Å². The lowest BCUT2D eigenvalue weighted by atomic mass is 10.3. The molecule has 1 aromatic rings.